The molecule has 2 N–H and O–H groups in total. The van der Waals surface area contributed by atoms with Gasteiger partial charge in [-0.2, -0.15) is 13.2 Å². The smallest absolute Gasteiger partial charge is 0.416 e. The second-order valence-electron chi connectivity index (χ2n) is 12.7. The van der Waals surface area contributed by atoms with Crippen molar-refractivity contribution in [2.45, 2.75) is 58.8 Å². The first-order valence-corrected chi connectivity index (χ1v) is 17.1. The Labute approximate surface area is 302 Å². The monoisotopic (exact) mass is 744 g/mol. The molecule has 52 heavy (non-hydrogen) atoms. The highest BCUT2D eigenvalue weighted by atomic mass is 35.5. The van der Waals surface area contributed by atoms with Crippen LogP contribution in [0.25, 0.3) is 11.2 Å². The molecule has 0 saturated carbocycles. The van der Waals surface area contributed by atoms with Gasteiger partial charge in [0.15, 0.2) is 11.2 Å². The summed E-state index contributed by atoms with van der Waals surface area (Å²) in [7, 11) is 4.87. The number of carbonyl (C=O) groups excluding carboxylic acids is 2. The fraction of sp³-hybridized carbons (Fsp3) is 0.429. The Bertz CT molecular complexity index is 2140. The molecule has 3 aromatic heterocycles. The quantitative estimate of drug-likeness (QED) is 0.232. The van der Waals surface area contributed by atoms with Gasteiger partial charge in [0.05, 0.1) is 29.6 Å². The number of ether oxygens (including phenoxy) is 1. The van der Waals surface area contributed by atoms with E-state index in [-0.39, 0.29) is 59.5 Å². The molecule has 4 aromatic rings. The summed E-state index contributed by atoms with van der Waals surface area (Å²) >= 11 is 6.13. The summed E-state index contributed by atoms with van der Waals surface area (Å²) in [6.07, 6.45) is -0.0871. The zero-order chi connectivity index (χ0) is 38.1. The van der Waals surface area contributed by atoms with E-state index in [1.807, 2.05) is 18.7 Å². The average molecular weight is 745 g/mol. The van der Waals surface area contributed by atoms with Crippen molar-refractivity contribution in [1.82, 2.24) is 24.4 Å². The number of pyridine rings is 2. The van der Waals surface area contributed by atoms with Crippen LogP contribution in [0, 0.1) is 6.92 Å². The van der Waals surface area contributed by atoms with Crippen molar-refractivity contribution in [3.05, 3.63) is 78.4 Å². The van der Waals surface area contributed by atoms with Crippen LogP contribution in [0.3, 0.4) is 0 Å². The van der Waals surface area contributed by atoms with Crippen LogP contribution < -0.4 is 30.7 Å². The number of hydrogen-bond acceptors (Lipinski definition) is 9. The number of alkyl halides is 3. The highest BCUT2D eigenvalue weighted by Gasteiger charge is 2.36. The molecule has 2 amide bonds. The maximum absolute atomic E-state index is 14.4. The molecule has 1 fully saturated rings. The molecular weight excluding hydrogens is 705 g/mol. The highest BCUT2D eigenvalue weighted by molar-refractivity contribution is 6.33. The molecule has 1 aliphatic heterocycles. The molecule has 17 heteroatoms. The van der Waals surface area contributed by atoms with Gasteiger partial charge in [-0.25, -0.2) is 9.97 Å². The van der Waals surface area contributed by atoms with E-state index in [9.17, 15) is 32.3 Å². The number of methoxy groups -OCH3 is 1. The molecular formula is C35H40ClF3N8O5. The van der Waals surface area contributed by atoms with Gasteiger partial charge in [-0.1, -0.05) is 31.9 Å². The molecule has 0 bridgehead atoms. The van der Waals surface area contributed by atoms with E-state index >= 15 is 0 Å². The standard InChI is InChI=1S/C35H40ClF3N8O5/c1-7-9-21-17-45(12-13-46(21)34(51)27-30(49)19(3)15-41-33(27)52-6)29-24(8-2)47(32-28(31(29)50)43-25(16-40-32)44(4)5)18-26(48)42-23-11-10-20(14-22(23)36)35(37,38)39/h10-11,14-16,21H,7-9,12-13,17-18H2,1-6H3,(H,41,49)(H,42,48). The summed E-state index contributed by atoms with van der Waals surface area (Å²) < 4.78 is 46.6. The number of hydrogen-bond donors (Lipinski definition) is 2. The van der Waals surface area contributed by atoms with Crippen LogP contribution >= 0.6 is 11.6 Å². The van der Waals surface area contributed by atoms with Crippen molar-refractivity contribution >= 4 is 51.8 Å². The number of benzene rings is 1. The minimum atomic E-state index is -4.61. The van der Waals surface area contributed by atoms with Crippen molar-refractivity contribution < 1.29 is 27.5 Å². The molecule has 1 atom stereocenters. The predicted octanol–water partition coefficient (Wildman–Crippen LogP) is 4.87. The molecule has 5 rings (SSSR count). The lowest BCUT2D eigenvalue weighted by Crippen LogP contribution is -2.57. The average Bonchev–Trinajstić information content (AvgIpc) is 3.10. The van der Waals surface area contributed by atoms with Gasteiger partial charge >= 0.3 is 6.18 Å². The second kappa shape index (κ2) is 15.2. The lowest BCUT2D eigenvalue weighted by atomic mass is 10.0. The third-order valence-corrected chi connectivity index (χ3v) is 9.34. The molecule has 4 heterocycles. The highest BCUT2D eigenvalue weighted by Crippen LogP contribution is 2.34. The SMILES string of the molecule is CCCC1CN(c2c(CC)n(CC(=O)Nc3ccc(C(F)(F)F)cc3Cl)c3ncc(N(C)C)nc3c2=O)CCN1C(=O)c1c(OC)[nH]cc(C)c1=O. The number of aromatic nitrogens is 4. The van der Waals surface area contributed by atoms with E-state index in [1.165, 1.54) is 19.5 Å². The molecule has 1 aromatic carbocycles. The number of anilines is 3. The Kier molecular flexibility index (Phi) is 11.2. The summed E-state index contributed by atoms with van der Waals surface area (Å²) in [5.74, 6) is -0.631. The first-order chi connectivity index (χ1) is 24.6. The van der Waals surface area contributed by atoms with E-state index < -0.39 is 40.5 Å². The molecule has 0 radical (unpaired) electrons. The van der Waals surface area contributed by atoms with Crippen molar-refractivity contribution in [2.75, 3.05) is 56.0 Å². The van der Waals surface area contributed by atoms with E-state index in [0.717, 1.165) is 18.2 Å². The van der Waals surface area contributed by atoms with E-state index in [2.05, 4.69) is 20.3 Å². The number of fused-ring (bicyclic) bond motifs is 1. The predicted molar refractivity (Wildman–Crippen MR) is 193 cm³/mol. The van der Waals surface area contributed by atoms with Crippen LogP contribution in [0.4, 0.5) is 30.4 Å². The Hall–Kier alpha value is -5.12. The second-order valence-corrected chi connectivity index (χ2v) is 13.1. The molecule has 13 nitrogen and oxygen atoms in total. The van der Waals surface area contributed by atoms with Crippen molar-refractivity contribution in [1.29, 1.82) is 0 Å². The number of nitrogens with zero attached hydrogens (tertiary/aromatic N) is 6. The maximum atomic E-state index is 14.4. The minimum absolute atomic E-state index is 0.0142. The molecule has 278 valence electrons. The number of halogens is 4. The van der Waals surface area contributed by atoms with Crippen molar-refractivity contribution in [3.63, 3.8) is 0 Å². The Morgan fingerprint density at radius 3 is 2.50 bits per heavy atom. The van der Waals surface area contributed by atoms with Crippen molar-refractivity contribution in [2.24, 2.45) is 0 Å². The van der Waals surface area contributed by atoms with Gasteiger partial charge in [0.2, 0.25) is 22.6 Å². The first-order valence-electron chi connectivity index (χ1n) is 16.7. The van der Waals surface area contributed by atoms with Crippen LogP contribution in [-0.4, -0.2) is 83.1 Å². The van der Waals surface area contributed by atoms with Gasteiger partial charge < -0.3 is 34.3 Å². The van der Waals surface area contributed by atoms with Crippen LogP contribution in [0.15, 0.2) is 40.2 Å². The third-order valence-electron chi connectivity index (χ3n) is 9.02. The minimum Gasteiger partial charge on any atom is -0.482 e. The van der Waals surface area contributed by atoms with Gasteiger partial charge in [0, 0.05) is 57.2 Å². The number of H-pyrrole nitrogens is 1. The van der Waals surface area contributed by atoms with E-state index in [0.29, 0.717) is 42.0 Å². The fourth-order valence-corrected chi connectivity index (χ4v) is 6.66. The largest absolute Gasteiger partial charge is 0.482 e. The summed E-state index contributed by atoms with van der Waals surface area (Å²) in [6.45, 7) is 5.68. The number of piperazine rings is 1. The Morgan fingerprint density at radius 2 is 1.88 bits per heavy atom. The number of amides is 2. The number of carbonyl (C=O) groups is 2. The molecule has 1 saturated heterocycles. The fourth-order valence-electron chi connectivity index (χ4n) is 6.44. The summed E-state index contributed by atoms with van der Waals surface area (Å²) in [5.41, 5.74) is -0.616. The lowest BCUT2D eigenvalue weighted by molar-refractivity contribution is -0.137. The van der Waals surface area contributed by atoms with Crippen LogP contribution in [0.5, 0.6) is 5.88 Å². The van der Waals surface area contributed by atoms with Crippen LogP contribution in [0.1, 0.15) is 53.9 Å². The van der Waals surface area contributed by atoms with Crippen molar-refractivity contribution in [3.8, 4) is 5.88 Å². The molecule has 0 spiro atoms. The van der Waals surface area contributed by atoms with Gasteiger partial charge in [0.1, 0.15) is 23.6 Å². The molecule has 1 aliphatic rings. The number of aromatic amines is 1. The summed E-state index contributed by atoms with van der Waals surface area (Å²) in [4.78, 5) is 72.2. The van der Waals surface area contributed by atoms with Crippen LogP contribution in [-0.2, 0) is 23.9 Å². The van der Waals surface area contributed by atoms with E-state index in [4.69, 9.17) is 16.3 Å². The summed E-state index contributed by atoms with van der Waals surface area (Å²) in [6, 6.07) is 2.24. The zero-order valence-corrected chi connectivity index (χ0v) is 30.4. The van der Waals surface area contributed by atoms with Gasteiger partial charge in [-0.3, -0.25) is 19.2 Å². The molecule has 0 aliphatic carbocycles. The first kappa shape index (κ1) is 38.1. The van der Waals surface area contributed by atoms with Gasteiger partial charge in [-0.05, 0) is 38.0 Å². The van der Waals surface area contributed by atoms with Gasteiger partial charge in [-0.15, -0.1) is 0 Å². The maximum Gasteiger partial charge on any atom is 0.416 e. The number of nitrogens with one attached hydrogen (secondary N) is 2. The number of rotatable bonds is 10. The number of aryl methyl sites for hydroxylation is 1. The van der Waals surface area contributed by atoms with E-state index in [1.54, 1.807) is 35.4 Å². The van der Waals surface area contributed by atoms with Gasteiger partial charge in [0.25, 0.3) is 5.91 Å². The van der Waals surface area contributed by atoms with Crippen LogP contribution in [0.2, 0.25) is 5.02 Å². The Morgan fingerprint density at radius 1 is 1.15 bits per heavy atom. The lowest BCUT2D eigenvalue weighted by Gasteiger charge is -2.43. The Balaban J connectivity index is 1.57. The topological polar surface area (TPSA) is 146 Å². The third kappa shape index (κ3) is 7.43. The zero-order valence-electron chi connectivity index (χ0n) is 29.7. The summed E-state index contributed by atoms with van der Waals surface area (Å²) in [5, 5.41) is 2.29. The normalized spacial score (nSPS) is 14.8. The molecule has 1 unspecified atom stereocenters.